The minimum Gasteiger partial charge on any atom is -0.339 e. The van der Waals surface area contributed by atoms with Gasteiger partial charge in [0.25, 0.3) is 5.91 Å². The number of nitrogens with one attached hydrogen (secondary N) is 1. The van der Waals surface area contributed by atoms with Gasteiger partial charge >= 0.3 is 0 Å². The van der Waals surface area contributed by atoms with Gasteiger partial charge in [-0.3, -0.25) is 9.52 Å². The quantitative estimate of drug-likeness (QED) is 0.876. The third-order valence-corrected chi connectivity index (χ3v) is 4.82. The average Bonchev–Trinajstić information content (AvgIpc) is 2.40. The highest BCUT2D eigenvalue weighted by Gasteiger charge is 2.16. The Bertz CT molecular complexity index is 546. The summed E-state index contributed by atoms with van der Waals surface area (Å²) < 4.78 is 26.0. The molecule has 1 aromatic rings. The van der Waals surface area contributed by atoms with Crippen molar-refractivity contribution in [2.24, 2.45) is 0 Å². The monoisotopic (exact) mass is 298 g/mol. The van der Waals surface area contributed by atoms with Gasteiger partial charge in [-0.05, 0) is 52.0 Å². The lowest BCUT2D eigenvalue weighted by Crippen LogP contribution is -2.30. The maximum absolute atomic E-state index is 12.1. The molecule has 0 spiro atoms. The highest BCUT2D eigenvalue weighted by Crippen LogP contribution is 2.14. The van der Waals surface area contributed by atoms with Gasteiger partial charge in [0.2, 0.25) is 10.0 Å². The fraction of sp³-hybridized carbons (Fsp3) is 0.500. The van der Waals surface area contributed by atoms with Crippen LogP contribution in [0.25, 0.3) is 0 Å². The Morgan fingerprint density at radius 1 is 1.15 bits per heavy atom. The standard InChI is InChI=1S/C14H22N2O3S/c1-5-16(6-2)14(17)12-7-9-13(10-8-12)15-20(18,19)11(3)4/h7-11,15H,5-6H2,1-4H3. The number of hydrogen-bond donors (Lipinski definition) is 1. The molecule has 0 radical (unpaired) electrons. The third-order valence-electron chi connectivity index (χ3n) is 3.06. The summed E-state index contributed by atoms with van der Waals surface area (Å²) in [6.07, 6.45) is 0. The van der Waals surface area contributed by atoms with Crippen molar-refractivity contribution in [3.63, 3.8) is 0 Å². The molecule has 0 atom stereocenters. The topological polar surface area (TPSA) is 66.5 Å². The van der Waals surface area contributed by atoms with E-state index in [4.69, 9.17) is 0 Å². The number of sulfonamides is 1. The summed E-state index contributed by atoms with van der Waals surface area (Å²) in [6, 6.07) is 6.49. The van der Waals surface area contributed by atoms with Crippen molar-refractivity contribution in [3.05, 3.63) is 29.8 Å². The Hall–Kier alpha value is -1.56. The predicted molar refractivity (Wildman–Crippen MR) is 81.4 cm³/mol. The Kier molecular flexibility index (Phi) is 5.56. The third kappa shape index (κ3) is 3.96. The molecule has 0 aliphatic heterocycles. The Balaban J connectivity index is 2.87. The van der Waals surface area contributed by atoms with E-state index >= 15 is 0 Å². The van der Waals surface area contributed by atoms with Crippen molar-refractivity contribution in [2.45, 2.75) is 32.9 Å². The maximum atomic E-state index is 12.1. The molecule has 1 aromatic carbocycles. The molecule has 112 valence electrons. The summed E-state index contributed by atoms with van der Waals surface area (Å²) in [5, 5.41) is -0.500. The Labute approximate surface area is 121 Å². The van der Waals surface area contributed by atoms with Gasteiger partial charge in [0.1, 0.15) is 0 Å². The molecule has 1 amide bonds. The van der Waals surface area contributed by atoms with Gasteiger partial charge in [-0.25, -0.2) is 8.42 Å². The number of amides is 1. The van der Waals surface area contributed by atoms with Crippen LogP contribution >= 0.6 is 0 Å². The zero-order valence-corrected chi connectivity index (χ0v) is 13.2. The van der Waals surface area contributed by atoms with Gasteiger partial charge < -0.3 is 4.90 Å². The molecule has 6 heteroatoms. The van der Waals surface area contributed by atoms with Crippen molar-refractivity contribution in [3.8, 4) is 0 Å². The van der Waals surface area contributed by atoms with Crippen LogP contribution in [0.4, 0.5) is 5.69 Å². The second-order valence-electron chi connectivity index (χ2n) is 4.75. The second-order valence-corrected chi connectivity index (χ2v) is 6.99. The first-order valence-electron chi connectivity index (χ1n) is 6.72. The fourth-order valence-electron chi connectivity index (χ4n) is 1.66. The van der Waals surface area contributed by atoms with E-state index in [0.717, 1.165) is 0 Å². The number of rotatable bonds is 6. The van der Waals surface area contributed by atoms with E-state index in [1.165, 1.54) is 0 Å². The molecule has 0 aliphatic rings. The second kappa shape index (κ2) is 6.74. The molecular weight excluding hydrogens is 276 g/mol. The minimum atomic E-state index is -3.36. The van der Waals surface area contributed by atoms with Crippen molar-refractivity contribution >= 4 is 21.6 Å². The largest absolute Gasteiger partial charge is 0.339 e. The number of hydrogen-bond acceptors (Lipinski definition) is 3. The fourth-order valence-corrected chi connectivity index (χ4v) is 2.36. The zero-order valence-electron chi connectivity index (χ0n) is 12.4. The smallest absolute Gasteiger partial charge is 0.253 e. The van der Waals surface area contributed by atoms with E-state index in [1.54, 1.807) is 43.0 Å². The van der Waals surface area contributed by atoms with Crippen LogP contribution in [0.5, 0.6) is 0 Å². The molecule has 0 aliphatic carbocycles. The van der Waals surface area contributed by atoms with Crippen molar-refractivity contribution in [1.29, 1.82) is 0 Å². The molecule has 0 heterocycles. The van der Waals surface area contributed by atoms with Crippen LogP contribution in [-0.4, -0.2) is 37.6 Å². The summed E-state index contributed by atoms with van der Waals surface area (Å²) in [5.74, 6) is -0.0479. The molecule has 0 unspecified atom stereocenters. The van der Waals surface area contributed by atoms with Crippen molar-refractivity contribution < 1.29 is 13.2 Å². The van der Waals surface area contributed by atoms with E-state index in [2.05, 4.69) is 4.72 Å². The van der Waals surface area contributed by atoms with Crippen LogP contribution in [0.1, 0.15) is 38.1 Å². The van der Waals surface area contributed by atoms with Gasteiger partial charge in [-0.15, -0.1) is 0 Å². The van der Waals surface area contributed by atoms with Crippen LogP contribution in [-0.2, 0) is 10.0 Å². The maximum Gasteiger partial charge on any atom is 0.253 e. The Morgan fingerprint density at radius 2 is 1.65 bits per heavy atom. The lowest BCUT2D eigenvalue weighted by molar-refractivity contribution is 0.0773. The van der Waals surface area contributed by atoms with Crippen LogP contribution < -0.4 is 4.72 Å². The SMILES string of the molecule is CCN(CC)C(=O)c1ccc(NS(=O)(=O)C(C)C)cc1. The number of carbonyl (C=O) groups is 1. The van der Waals surface area contributed by atoms with Gasteiger partial charge in [0, 0.05) is 24.3 Å². The van der Waals surface area contributed by atoms with Crippen molar-refractivity contribution in [1.82, 2.24) is 4.90 Å². The number of anilines is 1. The Morgan fingerprint density at radius 3 is 2.05 bits per heavy atom. The van der Waals surface area contributed by atoms with Crippen LogP contribution in [0.15, 0.2) is 24.3 Å². The lowest BCUT2D eigenvalue weighted by Gasteiger charge is -2.18. The molecule has 5 nitrogen and oxygen atoms in total. The summed E-state index contributed by atoms with van der Waals surface area (Å²) in [6.45, 7) is 8.37. The molecule has 20 heavy (non-hydrogen) atoms. The van der Waals surface area contributed by atoms with Crippen molar-refractivity contribution in [2.75, 3.05) is 17.8 Å². The summed E-state index contributed by atoms with van der Waals surface area (Å²) in [5.41, 5.74) is 1.02. The highest BCUT2D eigenvalue weighted by atomic mass is 32.2. The van der Waals surface area contributed by atoms with Crippen LogP contribution in [0.3, 0.4) is 0 Å². The average molecular weight is 298 g/mol. The molecule has 0 aromatic heterocycles. The lowest BCUT2D eigenvalue weighted by atomic mass is 10.2. The molecule has 1 N–H and O–H groups in total. The summed E-state index contributed by atoms with van der Waals surface area (Å²) >= 11 is 0. The van der Waals surface area contributed by atoms with E-state index < -0.39 is 15.3 Å². The number of nitrogens with zero attached hydrogens (tertiary/aromatic N) is 1. The van der Waals surface area contributed by atoms with Gasteiger partial charge in [0.15, 0.2) is 0 Å². The molecule has 0 bridgehead atoms. The first kappa shape index (κ1) is 16.5. The molecule has 0 saturated carbocycles. The molecule has 0 fully saturated rings. The number of benzene rings is 1. The van der Waals surface area contributed by atoms with E-state index in [0.29, 0.717) is 24.3 Å². The zero-order chi connectivity index (χ0) is 15.3. The van der Waals surface area contributed by atoms with E-state index in [1.807, 2.05) is 13.8 Å². The first-order valence-corrected chi connectivity index (χ1v) is 8.27. The normalized spacial score (nSPS) is 11.4. The highest BCUT2D eigenvalue weighted by molar-refractivity contribution is 7.93. The van der Waals surface area contributed by atoms with Crippen LogP contribution in [0.2, 0.25) is 0 Å². The molecule has 0 saturated heterocycles. The predicted octanol–water partition coefficient (Wildman–Crippen LogP) is 2.32. The minimum absolute atomic E-state index is 0.0479. The van der Waals surface area contributed by atoms with Gasteiger partial charge in [-0.2, -0.15) is 0 Å². The van der Waals surface area contributed by atoms with Gasteiger partial charge in [-0.1, -0.05) is 0 Å². The first-order chi connectivity index (χ1) is 9.31. The number of carbonyl (C=O) groups excluding carboxylic acids is 1. The molecular formula is C14H22N2O3S. The van der Waals surface area contributed by atoms with E-state index in [-0.39, 0.29) is 5.91 Å². The van der Waals surface area contributed by atoms with Crippen LogP contribution in [0, 0.1) is 0 Å². The summed E-state index contributed by atoms with van der Waals surface area (Å²) in [4.78, 5) is 13.8. The van der Waals surface area contributed by atoms with E-state index in [9.17, 15) is 13.2 Å². The van der Waals surface area contributed by atoms with Gasteiger partial charge in [0.05, 0.1) is 5.25 Å². The molecule has 1 rings (SSSR count). The summed E-state index contributed by atoms with van der Waals surface area (Å²) in [7, 11) is -3.36.